The Kier molecular flexibility index (Phi) is 4.92. The second-order valence-corrected chi connectivity index (χ2v) is 8.96. The van der Waals surface area contributed by atoms with E-state index in [0.29, 0.717) is 23.1 Å². The van der Waals surface area contributed by atoms with Gasteiger partial charge < -0.3 is 5.32 Å². The highest BCUT2D eigenvalue weighted by molar-refractivity contribution is 8.01. The van der Waals surface area contributed by atoms with Crippen LogP contribution in [-0.2, 0) is 6.54 Å². The third kappa shape index (κ3) is 3.97. The van der Waals surface area contributed by atoms with E-state index in [1.807, 2.05) is 29.0 Å². The van der Waals surface area contributed by atoms with Crippen molar-refractivity contribution in [3.63, 3.8) is 0 Å². The molecule has 5 aromatic rings. The molecule has 144 valence electrons. The molecule has 5 rings (SSSR count). The summed E-state index contributed by atoms with van der Waals surface area (Å²) in [6.45, 7) is 0.550. The van der Waals surface area contributed by atoms with Crippen LogP contribution in [0.5, 0.6) is 0 Å². The van der Waals surface area contributed by atoms with Crippen LogP contribution in [0, 0.1) is 5.82 Å². The molecule has 0 spiro atoms. The van der Waals surface area contributed by atoms with Gasteiger partial charge in [0.05, 0.1) is 0 Å². The zero-order valence-electron chi connectivity index (χ0n) is 14.7. The molecule has 29 heavy (non-hydrogen) atoms. The van der Waals surface area contributed by atoms with E-state index in [0.717, 1.165) is 20.5 Å². The smallest absolute Gasteiger partial charge is 0.206 e. The molecule has 0 saturated carbocycles. The van der Waals surface area contributed by atoms with Gasteiger partial charge in [0, 0.05) is 17.5 Å². The Bertz CT molecular complexity index is 1250. The van der Waals surface area contributed by atoms with Crippen molar-refractivity contribution < 1.29 is 4.39 Å². The molecule has 1 N–H and O–H groups in total. The van der Waals surface area contributed by atoms with Gasteiger partial charge in [-0.15, -0.1) is 20.4 Å². The summed E-state index contributed by atoms with van der Waals surface area (Å²) in [6, 6.07) is 12.1. The molecule has 0 saturated heterocycles. The van der Waals surface area contributed by atoms with Gasteiger partial charge in [0.25, 0.3) is 0 Å². The summed E-state index contributed by atoms with van der Waals surface area (Å²) in [5.74, 6) is 0.464. The third-order valence-corrected chi connectivity index (χ3v) is 6.52. The molecule has 0 unspecified atom stereocenters. The molecule has 0 bridgehead atoms. The molecule has 11 heteroatoms. The van der Waals surface area contributed by atoms with Gasteiger partial charge in [-0.05, 0) is 53.0 Å². The number of rotatable bonds is 6. The first kappa shape index (κ1) is 18.2. The van der Waals surface area contributed by atoms with Crippen molar-refractivity contribution >= 4 is 45.2 Å². The quantitative estimate of drug-likeness (QED) is 0.412. The van der Waals surface area contributed by atoms with Crippen LogP contribution in [-0.4, -0.2) is 30.0 Å². The monoisotopic (exact) mass is 441 g/mol. The minimum Gasteiger partial charge on any atom is -0.356 e. The van der Waals surface area contributed by atoms with Crippen LogP contribution in [0.1, 0.15) is 5.56 Å². The van der Waals surface area contributed by atoms with Crippen LogP contribution in [0.4, 0.5) is 9.52 Å². The normalized spacial score (nSPS) is 11.2. The van der Waals surface area contributed by atoms with Gasteiger partial charge >= 0.3 is 0 Å². The van der Waals surface area contributed by atoms with Crippen molar-refractivity contribution in [2.45, 2.75) is 15.9 Å². The molecule has 0 radical (unpaired) electrons. The maximum absolute atomic E-state index is 13.0. The highest BCUT2D eigenvalue weighted by Crippen LogP contribution is 2.31. The van der Waals surface area contributed by atoms with Crippen LogP contribution in [0.2, 0.25) is 0 Å². The van der Waals surface area contributed by atoms with E-state index in [4.69, 9.17) is 0 Å². The van der Waals surface area contributed by atoms with Crippen molar-refractivity contribution in [3.8, 4) is 11.4 Å². The van der Waals surface area contributed by atoms with E-state index in [1.165, 1.54) is 35.2 Å². The fourth-order valence-corrected chi connectivity index (χ4v) is 4.88. The van der Waals surface area contributed by atoms with E-state index in [9.17, 15) is 4.39 Å². The predicted molar refractivity (Wildman–Crippen MR) is 112 cm³/mol. The summed E-state index contributed by atoms with van der Waals surface area (Å²) in [5, 5.41) is 30.1. The maximum Gasteiger partial charge on any atom is 0.206 e. The summed E-state index contributed by atoms with van der Waals surface area (Å²) in [5.41, 5.74) is 2.64. The Morgan fingerprint density at radius 2 is 1.90 bits per heavy atom. The summed E-state index contributed by atoms with van der Waals surface area (Å²) in [4.78, 5) is 0. The lowest BCUT2D eigenvalue weighted by atomic mass is 10.2. The van der Waals surface area contributed by atoms with Crippen molar-refractivity contribution in [2.24, 2.45) is 0 Å². The Hall–Kier alpha value is -2.89. The lowest BCUT2D eigenvalue weighted by Gasteiger charge is -2.01. The first-order chi connectivity index (χ1) is 14.2. The number of hydrogen-bond donors (Lipinski definition) is 1. The Balaban J connectivity index is 1.31. The van der Waals surface area contributed by atoms with Crippen LogP contribution < -0.4 is 5.32 Å². The second-order valence-electron chi connectivity index (χ2n) is 5.93. The largest absolute Gasteiger partial charge is 0.356 e. The summed E-state index contributed by atoms with van der Waals surface area (Å²) in [7, 11) is 0. The van der Waals surface area contributed by atoms with E-state index in [2.05, 4.69) is 30.8 Å². The standard InChI is InChI=1S/C18H12FN7S3/c19-13-3-1-11(2-4-13)9-20-17-23-24-18(29-17)28-15-6-5-14-21-22-16(26(14)25-15)12-7-8-27-10-12/h1-8,10H,9H2,(H,20,23). The Labute approximate surface area is 176 Å². The number of benzene rings is 1. The molecule has 0 aliphatic carbocycles. The van der Waals surface area contributed by atoms with Gasteiger partial charge in [-0.3, -0.25) is 0 Å². The first-order valence-electron chi connectivity index (χ1n) is 8.49. The van der Waals surface area contributed by atoms with Gasteiger partial charge in [-0.25, -0.2) is 4.39 Å². The van der Waals surface area contributed by atoms with Crippen LogP contribution in [0.3, 0.4) is 0 Å². The van der Waals surface area contributed by atoms with Gasteiger partial charge in [0.15, 0.2) is 15.8 Å². The predicted octanol–water partition coefficient (Wildman–Crippen LogP) is 4.61. The minimum absolute atomic E-state index is 0.247. The van der Waals surface area contributed by atoms with Gasteiger partial charge in [0.1, 0.15) is 10.8 Å². The second kappa shape index (κ2) is 7.85. The third-order valence-electron chi connectivity index (χ3n) is 3.97. The average molecular weight is 442 g/mol. The molecule has 4 heterocycles. The van der Waals surface area contributed by atoms with Gasteiger partial charge in [-0.2, -0.15) is 21.0 Å². The summed E-state index contributed by atoms with van der Waals surface area (Å²) < 4.78 is 15.5. The molecule has 0 amide bonds. The van der Waals surface area contributed by atoms with Crippen molar-refractivity contribution in [1.82, 2.24) is 30.0 Å². The number of fused-ring (bicyclic) bond motifs is 1. The van der Waals surface area contributed by atoms with Crippen molar-refractivity contribution in [1.29, 1.82) is 0 Å². The number of nitrogens with zero attached hydrogens (tertiary/aromatic N) is 6. The molecule has 0 aliphatic rings. The van der Waals surface area contributed by atoms with Crippen LogP contribution in [0.25, 0.3) is 17.0 Å². The fourth-order valence-electron chi connectivity index (χ4n) is 2.59. The molecule has 0 aliphatic heterocycles. The number of nitrogens with one attached hydrogen (secondary N) is 1. The van der Waals surface area contributed by atoms with E-state index in [1.54, 1.807) is 28.0 Å². The number of hydrogen-bond acceptors (Lipinski definition) is 9. The van der Waals surface area contributed by atoms with Crippen molar-refractivity contribution in [3.05, 3.63) is 64.6 Å². The lowest BCUT2D eigenvalue weighted by Crippen LogP contribution is -1.98. The fraction of sp³-hybridized carbons (Fsp3) is 0.0556. The zero-order valence-corrected chi connectivity index (χ0v) is 17.1. The van der Waals surface area contributed by atoms with Crippen LogP contribution >= 0.6 is 34.4 Å². The summed E-state index contributed by atoms with van der Waals surface area (Å²) >= 11 is 4.47. The zero-order chi connectivity index (χ0) is 19.6. The number of halogens is 1. The molecule has 1 aromatic carbocycles. The number of anilines is 1. The van der Waals surface area contributed by atoms with E-state index >= 15 is 0 Å². The first-order valence-corrected chi connectivity index (χ1v) is 11.1. The average Bonchev–Trinajstić information content (AvgIpc) is 3.48. The van der Waals surface area contributed by atoms with Crippen molar-refractivity contribution in [2.75, 3.05) is 5.32 Å². The molecular weight excluding hydrogens is 429 g/mol. The minimum atomic E-state index is -0.247. The topological polar surface area (TPSA) is 80.9 Å². The highest BCUT2D eigenvalue weighted by atomic mass is 32.2. The van der Waals surface area contributed by atoms with Gasteiger partial charge in [-0.1, -0.05) is 23.5 Å². The van der Waals surface area contributed by atoms with Crippen LogP contribution in [0.15, 0.2) is 62.6 Å². The number of aromatic nitrogens is 6. The Morgan fingerprint density at radius 1 is 1.00 bits per heavy atom. The SMILES string of the molecule is Fc1ccc(CNc2nnc(Sc3ccc4nnc(-c5ccsc5)n4n3)s2)cc1. The molecular formula is C18H12FN7S3. The van der Waals surface area contributed by atoms with Gasteiger partial charge in [0.2, 0.25) is 5.13 Å². The lowest BCUT2D eigenvalue weighted by molar-refractivity contribution is 0.627. The maximum atomic E-state index is 13.0. The van der Waals surface area contributed by atoms with E-state index < -0.39 is 0 Å². The molecule has 4 aromatic heterocycles. The van der Waals surface area contributed by atoms with E-state index in [-0.39, 0.29) is 5.82 Å². The number of thiophene rings is 1. The highest BCUT2D eigenvalue weighted by Gasteiger charge is 2.12. The molecule has 0 atom stereocenters. The Morgan fingerprint density at radius 3 is 2.72 bits per heavy atom. The molecule has 0 fully saturated rings. The summed E-state index contributed by atoms with van der Waals surface area (Å²) in [6.07, 6.45) is 0. The molecule has 7 nitrogen and oxygen atoms in total.